The highest BCUT2D eigenvalue weighted by atomic mass is 35.5. The van der Waals surface area contributed by atoms with Crippen molar-refractivity contribution in [2.75, 3.05) is 19.0 Å². The van der Waals surface area contributed by atoms with Crippen molar-refractivity contribution in [1.82, 2.24) is 0 Å². The minimum Gasteiger partial charge on any atom is -0.497 e. The minimum absolute atomic E-state index is 0.171. The maximum Gasteiger partial charge on any atom is 0.231 e. The van der Waals surface area contributed by atoms with E-state index in [9.17, 15) is 4.79 Å². The molecule has 0 aliphatic rings. The molecule has 0 bridgehead atoms. The summed E-state index contributed by atoms with van der Waals surface area (Å²) < 4.78 is 5.07. The monoisotopic (exact) mass is 256 g/mol. The maximum absolute atomic E-state index is 11.9. The average molecular weight is 257 g/mol. The standard InChI is InChI=1S/C12H17ClN2O2/c1-12(2,7-14)11(16)15-10-6-8(17-3)4-5-9(10)13/h4-6H,7,14H2,1-3H3,(H,15,16). The quantitative estimate of drug-likeness (QED) is 0.869. The van der Waals surface area contributed by atoms with E-state index >= 15 is 0 Å². The Kier molecular flexibility index (Phi) is 4.37. The molecule has 0 aromatic heterocycles. The van der Waals surface area contributed by atoms with Crippen LogP contribution in [0.25, 0.3) is 0 Å². The van der Waals surface area contributed by atoms with Crippen LogP contribution in [0.5, 0.6) is 5.75 Å². The molecule has 0 spiro atoms. The fourth-order valence-electron chi connectivity index (χ4n) is 1.11. The van der Waals surface area contributed by atoms with Gasteiger partial charge >= 0.3 is 0 Å². The number of amides is 1. The number of nitrogens with two attached hydrogens (primary N) is 1. The van der Waals surface area contributed by atoms with E-state index < -0.39 is 5.41 Å². The predicted octanol–water partition coefficient (Wildman–Crippen LogP) is 2.27. The molecule has 17 heavy (non-hydrogen) atoms. The second-order valence-corrected chi connectivity index (χ2v) is 4.80. The minimum atomic E-state index is -0.633. The molecule has 0 radical (unpaired) electrons. The van der Waals surface area contributed by atoms with E-state index in [4.69, 9.17) is 22.1 Å². The van der Waals surface area contributed by atoms with Gasteiger partial charge in [-0.05, 0) is 26.0 Å². The van der Waals surface area contributed by atoms with E-state index in [-0.39, 0.29) is 12.5 Å². The van der Waals surface area contributed by atoms with Gasteiger partial charge in [0.25, 0.3) is 0 Å². The Bertz CT molecular complexity index is 419. The molecule has 0 unspecified atom stereocenters. The lowest BCUT2D eigenvalue weighted by molar-refractivity contribution is -0.123. The van der Waals surface area contributed by atoms with E-state index in [1.165, 1.54) is 0 Å². The smallest absolute Gasteiger partial charge is 0.231 e. The molecule has 1 aromatic rings. The van der Waals surface area contributed by atoms with Crippen LogP contribution in [0.2, 0.25) is 5.02 Å². The molecule has 1 aromatic carbocycles. The molecule has 5 heteroatoms. The number of nitrogens with one attached hydrogen (secondary N) is 1. The summed E-state index contributed by atoms with van der Waals surface area (Å²) in [5, 5.41) is 3.21. The normalized spacial score (nSPS) is 11.1. The van der Waals surface area contributed by atoms with Crippen molar-refractivity contribution in [2.24, 2.45) is 11.1 Å². The van der Waals surface area contributed by atoms with Crippen LogP contribution in [-0.4, -0.2) is 19.6 Å². The third kappa shape index (κ3) is 3.35. The Morgan fingerprint density at radius 3 is 2.71 bits per heavy atom. The zero-order chi connectivity index (χ0) is 13.1. The number of hydrogen-bond acceptors (Lipinski definition) is 3. The molecule has 0 aliphatic carbocycles. The highest BCUT2D eigenvalue weighted by Gasteiger charge is 2.26. The third-order valence-corrected chi connectivity index (χ3v) is 2.88. The van der Waals surface area contributed by atoms with Gasteiger partial charge in [-0.1, -0.05) is 11.6 Å². The highest BCUT2D eigenvalue weighted by molar-refractivity contribution is 6.33. The van der Waals surface area contributed by atoms with Crippen LogP contribution in [0.4, 0.5) is 5.69 Å². The molecule has 0 saturated carbocycles. The Morgan fingerprint density at radius 2 is 2.18 bits per heavy atom. The molecule has 0 saturated heterocycles. The Balaban J connectivity index is 2.91. The van der Waals surface area contributed by atoms with Crippen molar-refractivity contribution in [2.45, 2.75) is 13.8 Å². The molecule has 0 atom stereocenters. The van der Waals surface area contributed by atoms with E-state index in [0.717, 1.165) is 0 Å². The number of ether oxygens (including phenoxy) is 1. The van der Waals surface area contributed by atoms with Gasteiger partial charge in [-0.2, -0.15) is 0 Å². The summed E-state index contributed by atoms with van der Waals surface area (Å²) in [6.45, 7) is 3.81. The largest absolute Gasteiger partial charge is 0.497 e. The van der Waals surface area contributed by atoms with Crippen molar-refractivity contribution in [3.8, 4) is 5.75 Å². The zero-order valence-corrected chi connectivity index (χ0v) is 11.0. The summed E-state index contributed by atoms with van der Waals surface area (Å²) in [5.41, 5.74) is 5.43. The lowest BCUT2D eigenvalue weighted by Gasteiger charge is -2.21. The Hall–Kier alpha value is -1.26. The summed E-state index contributed by atoms with van der Waals surface area (Å²) in [5.74, 6) is 0.463. The topological polar surface area (TPSA) is 64.3 Å². The molecule has 3 N–H and O–H groups in total. The van der Waals surface area contributed by atoms with Crippen LogP contribution in [0.1, 0.15) is 13.8 Å². The van der Waals surface area contributed by atoms with Crippen LogP contribution in [0, 0.1) is 5.41 Å². The lowest BCUT2D eigenvalue weighted by atomic mass is 9.92. The second kappa shape index (κ2) is 5.38. The lowest BCUT2D eigenvalue weighted by Crippen LogP contribution is -2.37. The number of hydrogen-bond donors (Lipinski definition) is 2. The summed E-state index contributed by atoms with van der Waals surface area (Å²) in [4.78, 5) is 11.9. The van der Waals surface area contributed by atoms with E-state index in [1.54, 1.807) is 39.2 Å². The summed E-state index contributed by atoms with van der Waals surface area (Å²) in [6, 6.07) is 5.07. The molecule has 1 rings (SSSR count). The van der Waals surface area contributed by atoms with Crippen molar-refractivity contribution in [3.05, 3.63) is 23.2 Å². The number of halogens is 1. The van der Waals surface area contributed by atoms with Gasteiger partial charge in [-0.3, -0.25) is 4.79 Å². The first-order chi connectivity index (χ1) is 7.90. The number of methoxy groups -OCH3 is 1. The third-order valence-electron chi connectivity index (χ3n) is 2.55. The van der Waals surface area contributed by atoms with Gasteiger partial charge in [0.05, 0.1) is 23.2 Å². The Labute approximate surface area is 106 Å². The van der Waals surface area contributed by atoms with Crippen molar-refractivity contribution in [3.63, 3.8) is 0 Å². The first kappa shape index (κ1) is 13.8. The summed E-state index contributed by atoms with van der Waals surface area (Å²) in [6.07, 6.45) is 0. The molecule has 1 amide bonds. The van der Waals surface area contributed by atoms with Gasteiger partial charge in [0.1, 0.15) is 5.75 Å². The zero-order valence-electron chi connectivity index (χ0n) is 10.2. The fourth-order valence-corrected chi connectivity index (χ4v) is 1.28. The van der Waals surface area contributed by atoms with Crippen molar-refractivity contribution >= 4 is 23.2 Å². The van der Waals surface area contributed by atoms with Gasteiger partial charge in [0, 0.05) is 12.6 Å². The molecule has 0 fully saturated rings. The number of carbonyl (C=O) groups is 1. The van der Waals surface area contributed by atoms with Crippen LogP contribution in [-0.2, 0) is 4.79 Å². The summed E-state index contributed by atoms with van der Waals surface area (Å²) >= 11 is 5.99. The van der Waals surface area contributed by atoms with Crippen LogP contribution in [0.3, 0.4) is 0 Å². The Morgan fingerprint density at radius 1 is 1.53 bits per heavy atom. The van der Waals surface area contributed by atoms with E-state index in [2.05, 4.69) is 5.32 Å². The number of anilines is 1. The number of carbonyl (C=O) groups excluding carboxylic acids is 1. The van der Waals surface area contributed by atoms with Crippen LogP contribution in [0.15, 0.2) is 18.2 Å². The highest BCUT2D eigenvalue weighted by Crippen LogP contribution is 2.28. The van der Waals surface area contributed by atoms with Gasteiger partial charge in [0.15, 0.2) is 0 Å². The molecular formula is C12H17ClN2O2. The molecule has 0 heterocycles. The van der Waals surface area contributed by atoms with Crippen molar-refractivity contribution < 1.29 is 9.53 Å². The van der Waals surface area contributed by atoms with E-state index in [0.29, 0.717) is 16.5 Å². The van der Waals surface area contributed by atoms with Gasteiger partial charge in [0.2, 0.25) is 5.91 Å². The maximum atomic E-state index is 11.9. The predicted molar refractivity (Wildman–Crippen MR) is 69.5 cm³/mol. The molecule has 0 aliphatic heterocycles. The van der Waals surface area contributed by atoms with Gasteiger partial charge < -0.3 is 15.8 Å². The molecule has 4 nitrogen and oxygen atoms in total. The van der Waals surface area contributed by atoms with Crippen LogP contribution >= 0.6 is 11.6 Å². The van der Waals surface area contributed by atoms with Crippen LogP contribution < -0.4 is 15.8 Å². The van der Waals surface area contributed by atoms with Gasteiger partial charge in [-0.15, -0.1) is 0 Å². The van der Waals surface area contributed by atoms with Crippen molar-refractivity contribution in [1.29, 1.82) is 0 Å². The second-order valence-electron chi connectivity index (χ2n) is 4.39. The van der Waals surface area contributed by atoms with Gasteiger partial charge in [-0.25, -0.2) is 0 Å². The van der Waals surface area contributed by atoms with E-state index in [1.807, 2.05) is 0 Å². The average Bonchev–Trinajstić information content (AvgIpc) is 2.31. The SMILES string of the molecule is COc1ccc(Cl)c(NC(=O)C(C)(C)CN)c1. The molecule has 94 valence electrons. The molecular weight excluding hydrogens is 240 g/mol. The first-order valence-electron chi connectivity index (χ1n) is 5.26. The summed E-state index contributed by atoms with van der Waals surface area (Å²) in [7, 11) is 1.55. The fraction of sp³-hybridized carbons (Fsp3) is 0.417. The number of benzene rings is 1. The number of rotatable bonds is 4. The first-order valence-corrected chi connectivity index (χ1v) is 5.63.